The standard InChI is InChI=1S/C17H14ClF3N2O2/c18-11-4-3-5-13(8-11)25-10-12(24)9-23-15-7-2-1-6-14(15)22-16(23)17(19,20)21/h1-8,12,24H,9-10H2/t12-/m1/s1. The van der Waals surface area contributed by atoms with Gasteiger partial charge in [-0.3, -0.25) is 0 Å². The third-order valence-electron chi connectivity index (χ3n) is 3.54. The first-order chi connectivity index (χ1) is 11.8. The van der Waals surface area contributed by atoms with Crippen molar-refractivity contribution < 1.29 is 23.0 Å². The number of fused-ring (bicyclic) bond motifs is 1. The molecule has 132 valence electrons. The van der Waals surface area contributed by atoms with Crippen molar-refractivity contribution in [2.24, 2.45) is 0 Å². The molecule has 25 heavy (non-hydrogen) atoms. The van der Waals surface area contributed by atoms with E-state index in [4.69, 9.17) is 16.3 Å². The van der Waals surface area contributed by atoms with Gasteiger partial charge in [0, 0.05) is 5.02 Å². The van der Waals surface area contributed by atoms with E-state index in [1.54, 1.807) is 36.4 Å². The maximum atomic E-state index is 13.2. The van der Waals surface area contributed by atoms with E-state index in [1.807, 2.05) is 0 Å². The van der Waals surface area contributed by atoms with Gasteiger partial charge in [-0.2, -0.15) is 13.2 Å². The van der Waals surface area contributed by atoms with Crippen LogP contribution in [0, 0.1) is 0 Å². The first-order valence-electron chi connectivity index (χ1n) is 7.43. The van der Waals surface area contributed by atoms with Gasteiger partial charge >= 0.3 is 6.18 Å². The van der Waals surface area contributed by atoms with Gasteiger partial charge in [0.15, 0.2) is 0 Å². The van der Waals surface area contributed by atoms with E-state index in [9.17, 15) is 18.3 Å². The molecule has 0 saturated carbocycles. The molecule has 0 unspecified atom stereocenters. The maximum absolute atomic E-state index is 13.2. The second kappa shape index (κ2) is 6.93. The molecule has 0 bridgehead atoms. The Bertz CT molecular complexity index is 880. The molecule has 4 nitrogen and oxygen atoms in total. The van der Waals surface area contributed by atoms with Gasteiger partial charge < -0.3 is 14.4 Å². The van der Waals surface area contributed by atoms with Crippen LogP contribution in [0.2, 0.25) is 5.02 Å². The van der Waals surface area contributed by atoms with Crippen LogP contribution in [0.5, 0.6) is 5.75 Å². The third-order valence-corrected chi connectivity index (χ3v) is 3.77. The van der Waals surface area contributed by atoms with Crippen LogP contribution in [0.25, 0.3) is 11.0 Å². The number of benzene rings is 2. The Balaban J connectivity index is 1.79. The fourth-order valence-corrected chi connectivity index (χ4v) is 2.67. The first kappa shape index (κ1) is 17.6. The lowest BCUT2D eigenvalue weighted by atomic mass is 10.3. The predicted octanol–water partition coefficient (Wildman–Crippen LogP) is 4.15. The van der Waals surface area contributed by atoms with E-state index in [1.165, 1.54) is 12.1 Å². The number of ether oxygens (including phenoxy) is 1. The number of alkyl halides is 3. The molecule has 1 aromatic heterocycles. The molecule has 0 spiro atoms. The second-order valence-corrected chi connectivity index (χ2v) is 5.89. The summed E-state index contributed by atoms with van der Waals surface area (Å²) in [6.45, 7) is -0.472. The molecule has 1 N–H and O–H groups in total. The number of hydrogen-bond acceptors (Lipinski definition) is 3. The molecule has 0 saturated heterocycles. The first-order valence-corrected chi connectivity index (χ1v) is 7.81. The van der Waals surface area contributed by atoms with E-state index < -0.39 is 18.1 Å². The van der Waals surface area contributed by atoms with Gasteiger partial charge in [-0.15, -0.1) is 0 Å². The monoisotopic (exact) mass is 370 g/mol. The minimum atomic E-state index is -4.62. The summed E-state index contributed by atoms with van der Waals surface area (Å²) in [5, 5.41) is 10.6. The minimum Gasteiger partial charge on any atom is -0.491 e. The van der Waals surface area contributed by atoms with E-state index in [2.05, 4.69) is 4.98 Å². The number of aromatic nitrogens is 2. The average Bonchev–Trinajstić information content (AvgIpc) is 2.92. The number of hydrogen-bond donors (Lipinski definition) is 1. The highest BCUT2D eigenvalue weighted by Crippen LogP contribution is 2.31. The van der Waals surface area contributed by atoms with Crippen molar-refractivity contribution in [1.29, 1.82) is 0 Å². The van der Waals surface area contributed by atoms with Crippen molar-refractivity contribution in [3.8, 4) is 5.75 Å². The highest BCUT2D eigenvalue weighted by molar-refractivity contribution is 6.30. The summed E-state index contributed by atoms with van der Waals surface area (Å²) in [6.07, 6.45) is -5.77. The molecule has 3 rings (SSSR count). The molecule has 0 radical (unpaired) electrons. The van der Waals surface area contributed by atoms with Gasteiger partial charge in [0.2, 0.25) is 5.82 Å². The molecule has 1 atom stereocenters. The fraction of sp³-hybridized carbons (Fsp3) is 0.235. The van der Waals surface area contributed by atoms with Crippen LogP contribution in [0.1, 0.15) is 5.82 Å². The van der Waals surface area contributed by atoms with Crippen molar-refractivity contribution in [1.82, 2.24) is 9.55 Å². The highest BCUT2D eigenvalue weighted by atomic mass is 35.5. The van der Waals surface area contributed by atoms with Crippen molar-refractivity contribution >= 4 is 22.6 Å². The summed E-state index contributed by atoms with van der Waals surface area (Å²) < 4.78 is 46.0. The van der Waals surface area contributed by atoms with Gasteiger partial charge in [-0.25, -0.2) is 4.98 Å². The summed E-state index contributed by atoms with van der Waals surface area (Å²) in [5.74, 6) is -0.617. The third kappa shape index (κ3) is 4.05. The Labute approximate surface area is 146 Å². The van der Waals surface area contributed by atoms with E-state index in [0.29, 0.717) is 16.3 Å². The van der Waals surface area contributed by atoms with Gasteiger partial charge in [-0.1, -0.05) is 29.8 Å². The molecule has 1 heterocycles. The quantitative estimate of drug-likeness (QED) is 0.734. The van der Waals surface area contributed by atoms with Crippen LogP contribution in [-0.2, 0) is 12.7 Å². The van der Waals surface area contributed by atoms with Crippen molar-refractivity contribution in [2.75, 3.05) is 6.61 Å². The molecule has 3 aromatic rings. The van der Waals surface area contributed by atoms with Crippen LogP contribution in [0.4, 0.5) is 13.2 Å². The Morgan fingerprint density at radius 3 is 2.64 bits per heavy atom. The second-order valence-electron chi connectivity index (χ2n) is 5.45. The zero-order valence-corrected chi connectivity index (χ0v) is 13.6. The molecule has 8 heteroatoms. The van der Waals surface area contributed by atoms with Crippen LogP contribution < -0.4 is 4.74 Å². The Hall–Kier alpha value is -2.25. The lowest BCUT2D eigenvalue weighted by Gasteiger charge is -2.16. The summed E-state index contributed by atoms with van der Waals surface area (Å²) in [6, 6.07) is 12.8. The number of aliphatic hydroxyl groups is 1. The Morgan fingerprint density at radius 1 is 1.16 bits per heavy atom. The summed E-state index contributed by atoms with van der Waals surface area (Å²) >= 11 is 5.83. The number of nitrogens with zero attached hydrogens (tertiary/aromatic N) is 2. The average molecular weight is 371 g/mol. The largest absolute Gasteiger partial charge is 0.491 e. The minimum absolute atomic E-state index is 0.176. The molecule has 0 aliphatic rings. The number of rotatable bonds is 5. The van der Waals surface area contributed by atoms with Crippen molar-refractivity contribution in [3.05, 3.63) is 59.4 Å². The number of aliphatic hydroxyl groups excluding tert-OH is 1. The SMILES string of the molecule is O[C@@H](COc1cccc(Cl)c1)Cn1c(C(F)(F)F)nc2ccccc21. The number of imidazole rings is 1. The molecule has 0 fully saturated rings. The van der Waals surface area contributed by atoms with Crippen LogP contribution in [-0.4, -0.2) is 27.4 Å². The van der Waals surface area contributed by atoms with Gasteiger partial charge in [-0.05, 0) is 30.3 Å². The van der Waals surface area contributed by atoms with Gasteiger partial charge in [0.25, 0.3) is 0 Å². The van der Waals surface area contributed by atoms with Crippen molar-refractivity contribution in [2.45, 2.75) is 18.8 Å². The smallest absolute Gasteiger partial charge is 0.449 e. The molecule has 0 aliphatic carbocycles. The Morgan fingerprint density at radius 2 is 1.92 bits per heavy atom. The van der Waals surface area contributed by atoms with Gasteiger partial charge in [0.1, 0.15) is 18.5 Å². The number of para-hydroxylation sites is 2. The lowest BCUT2D eigenvalue weighted by molar-refractivity contribution is -0.147. The normalized spacial score (nSPS) is 13.2. The summed E-state index contributed by atoms with van der Waals surface area (Å²) in [7, 11) is 0. The summed E-state index contributed by atoms with van der Waals surface area (Å²) in [4.78, 5) is 3.64. The molecule has 0 aliphatic heterocycles. The predicted molar refractivity (Wildman–Crippen MR) is 87.7 cm³/mol. The number of halogens is 4. The van der Waals surface area contributed by atoms with Crippen LogP contribution >= 0.6 is 11.6 Å². The zero-order chi connectivity index (χ0) is 18.0. The molecular weight excluding hydrogens is 357 g/mol. The van der Waals surface area contributed by atoms with Crippen molar-refractivity contribution in [3.63, 3.8) is 0 Å². The molecular formula is C17H14ClF3N2O2. The summed E-state index contributed by atoms with van der Waals surface area (Å²) in [5.41, 5.74) is 0.523. The molecule has 0 amide bonds. The van der Waals surface area contributed by atoms with E-state index in [0.717, 1.165) is 4.57 Å². The van der Waals surface area contributed by atoms with Crippen LogP contribution in [0.3, 0.4) is 0 Å². The molecule has 2 aromatic carbocycles. The maximum Gasteiger partial charge on any atom is 0.449 e. The van der Waals surface area contributed by atoms with E-state index in [-0.39, 0.29) is 18.7 Å². The van der Waals surface area contributed by atoms with Crippen LogP contribution in [0.15, 0.2) is 48.5 Å². The zero-order valence-electron chi connectivity index (χ0n) is 12.9. The highest BCUT2D eigenvalue weighted by Gasteiger charge is 2.37. The topological polar surface area (TPSA) is 47.3 Å². The fourth-order valence-electron chi connectivity index (χ4n) is 2.49. The van der Waals surface area contributed by atoms with E-state index >= 15 is 0 Å². The Kier molecular flexibility index (Phi) is 4.87. The van der Waals surface area contributed by atoms with Gasteiger partial charge in [0.05, 0.1) is 17.6 Å². The lowest BCUT2D eigenvalue weighted by Crippen LogP contribution is -2.26.